The summed E-state index contributed by atoms with van der Waals surface area (Å²) in [6, 6.07) is 0. The lowest BCUT2D eigenvalue weighted by molar-refractivity contribution is 0.0145. The number of ether oxygens (including phenoxy) is 1. The predicted octanol–water partition coefficient (Wildman–Crippen LogP) is 1.98. The minimum atomic E-state index is -0.295. The molecule has 0 aliphatic heterocycles. The van der Waals surface area contributed by atoms with Crippen molar-refractivity contribution in [3.05, 3.63) is 11.6 Å². The number of rotatable bonds is 2. The third kappa shape index (κ3) is 1.94. The fraction of sp³-hybridized carbons (Fsp3) is 0.818. The Hall–Kier alpha value is -0.340. The van der Waals surface area contributed by atoms with Gasteiger partial charge in [-0.05, 0) is 23.8 Å². The predicted molar refractivity (Wildman–Crippen MR) is 53.5 cm³/mol. The van der Waals surface area contributed by atoms with E-state index in [9.17, 15) is 5.11 Å². The van der Waals surface area contributed by atoms with Gasteiger partial charge >= 0.3 is 0 Å². The van der Waals surface area contributed by atoms with E-state index in [0.29, 0.717) is 11.8 Å². The van der Waals surface area contributed by atoms with Crippen molar-refractivity contribution in [1.29, 1.82) is 0 Å². The van der Waals surface area contributed by atoms with E-state index in [1.807, 2.05) is 6.08 Å². The van der Waals surface area contributed by atoms with Crippen molar-refractivity contribution in [3.63, 3.8) is 0 Å². The van der Waals surface area contributed by atoms with Crippen LogP contribution in [0, 0.1) is 11.8 Å². The van der Waals surface area contributed by atoms with Gasteiger partial charge in [0.25, 0.3) is 0 Å². The summed E-state index contributed by atoms with van der Waals surface area (Å²) in [7, 11) is 1.75. The molecule has 0 amide bonds. The lowest BCUT2D eigenvalue weighted by atomic mass is 9.77. The Kier molecular flexibility index (Phi) is 3.51. The average molecular weight is 184 g/mol. The molecule has 0 aromatic heterocycles. The molecule has 2 heteroatoms. The lowest BCUT2D eigenvalue weighted by Crippen LogP contribution is -2.38. The van der Waals surface area contributed by atoms with E-state index in [1.165, 1.54) is 5.57 Å². The SMILES string of the molecule is CCC1=CC(O)C(C)C(C)C1OC. The van der Waals surface area contributed by atoms with Crippen LogP contribution >= 0.6 is 0 Å². The Bertz CT molecular complexity index is 198. The van der Waals surface area contributed by atoms with E-state index >= 15 is 0 Å². The van der Waals surface area contributed by atoms with Crippen molar-refractivity contribution in [1.82, 2.24) is 0 Å². The van der Waals surface area contributed by atoms with Crippen LogP contribution in [0.2, 0.25) is 0 Å². The van der Waals surface area contributed by atoms with Gasteiger partial charge in [0, 0.05) is 7.11 Å². The maximum Gasteiger partial charge on any atom is 0.0811 e. The maximum absolute atomic E-state index is 9.73. The molecule has 4 unspecified atom stereocenters. The fourth-order valence-corrected chi connectivity index (χ4v) is 2.08. The Labute approximate surface area is 80.6 Å². The Morgan fingerprint density at radius 2 is 2.00 bits per heavy atom. The molecular weight excluding hydrogens is 164 g/mol. The van der Waals surface area contributed by atoms with Gasteiger partial charge in [0.2, 0.25) is 0 Å². The smallest absolute Gasteiger partial charge is 0.0811 e. The molecule has 0 bridgehead atoms. The van der Waals surface area contributed by atoms with E-state index in [2.05, 4.69) is 20.8 Å². The van der Waals surface area contributed by atoms with E-state index in [1.54, 1.807) is 7.11 Å². The molecule has 1 rings (SSSR count). The molecular formula is C11H20O2. The first-order valence-electron chi connectivity index (χ1n) is 5.03. The first kappa shape index (κ1) is 10.7. The van der Waals surface area contributed by atoms with Crippen molar-refractivity contribution in [2.45, 2.75) is 39.4 Å². The van der Waals surface area contributed by atoms with Crippen LogP contribution in [-0.4, -0.2) is 24.4 Å². The summed E-state index contributed by atoms with van der Waals surface area (Å²) < 4.78 is 5.45. The lowest BCUT2D eigenvalue weighted by Gasteiger charge is -2.36. The van der Waals surface area contributed by atoms with E-state index < -0.39 is 0 Å². The number of hydrogen-bond acceptors (Lipinski definition) is 2. The minimum absolute atomic E-state index is 0.198. The topological polar surface area (TPSA) is 29.5 Å². The molecule has 0 heterocycles. The van der Waals surface area contributed by atoms with E-state index in [-0.39, 0.29) is 12.2 Å². The van der Waals surface area contributed by atoms with Crippen molar-refractivity contribution >= 4 is 0 Å². The summed E-state index contributed by atoms with van der Waals surface area (Å²) in [5, 5.41) is 9.73. The molecule has 0 spiro atoms. The highest BCUT2D eigenvalue weighted by Crippen LogP contribution is 2.32. The Balaban J connectivity index is 2.87. The largest absolute Gasteiger partial charge is 0.389 e. The van der Waals surface area contributed by atoms with E-state index in [4.69, 9.17) is 4.74 Å². The van der Waals surface area contributed by atoms with Crippen molar-refractivity contribution < 1.29 is 9.84 Å². The van der Waals surface area contributed by atoms with Crippen molar-refractivity contribution in [3.8, 4) is 0 Å². The molecule has 0 aromatic carbocycles. The number of aliphatic hydroxyl groups excluding tert-OH is 1. The zero-order valence-electron chi connectivity index (χ0n) is 8.95. The second-order valence-corrected chi connectivity index (χ2v) is 3.96. The highest BCUT2D eigenvalue weighted by molar-refractivity contribution is 5.17. The summed E-state index contributed by atoms with van der Waals surface area (Å²) in [6.45, 7) is 6.32. The molecule has 1 N–H and O–H groups in total. The zero-order chi connectivity index (χ0) is 10.0. The Morgan fingerprint density at radius 1 is 1.38 bits per heavy atom. The fourth-order valence-electron chi connectivity index (χ4n) is 2.08. The summed E-state index contributed by atoms with van der Waals surface area (Å²) in [5.74, 6) is 0.695. The standard InChI is InChI=1S/C11H20O2/c1-5-9-6-10(12)7(2)8(3)11(9)13-4/h6-8,10-12H,5H2,1-4H3. The summed E-state index contributed by atoms with van der Waals surface area (Å²) in [6.07, 6.45) is 2.82. The molecule has 0 radical (unpaired) electrons. The molecule has 76 valence electrons. The highest BCUT2D eigenvalue weighted by atomic mass is 16.5. The van der Waals surface area contributed by atoms with Gasteiger partial charge in [0.15, 0.2) is 0 Å². The first-order valence-corrected chi connectivity index (χ1v) is 5.03. The van der Waals surface area contributed by atoms with Crippen LogP contribution in [0.1, 0.15) is 27.2 Å². The molecule has 0 saturated carbocycles. The normalized spacial score (nSPS) is 40.2. The van der Waals surface area contributed by atoms with Crippen LogP contribution in [0.3, 0.4) is 0 Å². The maximum atomic E-state index is 9.73. The quantitative estimate of drug-likeness (QED) is 0.665. The molecule has 0 fully saturated rings. The molecule has 1 aliphatic carbocycles. The summed E-state index contributed by atoms with van der Waals surface area (Å²) in [5.41, 5.74) is 1.24. The van der Waals surface area contributed by atoms with Gasteiger partial charge in [-0.2, -0.15) is 0 Å². The minimum Gasteiger partial charge on any atom is -0.389 e. The zero-order valence-corrected chi connectivity index (χ0v) is 8.95. The van der Waals surface area contributed by atoms with E-state index in [0.717, 1.165) is 6.42 Å². The van der Waals surface area contributed by atoms with Crippen molar-refractivity contribution in [2.75, 3.05) is 7.11 Å². The van der Waals surface area contributed by atoms with Gasteiger partial charge in [-0.3, -0.25) is 0 Å². The van der Waals surface area contributed by atoms with Gasteiger partial charge in [0.05, 0.1) is 12.2 Å². The first-order chi connectivity index (χ1) is 6.11. The van der Waals surface area contributed by atoms with Crippen LogP contribution in [-0.2, 0) is 4.74 Å². The second kappa shape index (κ2) is 4.25. The highest BCUT2D eigenvalue weighted by Gasteiger charge is 2.33. The van der Waals surface area contributed by atoms with Crippen LogP contribution in [0.25, 0.3) is 0 Å². The molecule has 13 heavy (non-hydrogen) atoms. The molecule has 4 atom stereocenters. The van der Waals surface area contributed by atoms with Crippen LogP contribution in [0.15, 0.2) is 11.6 Å². The Morgan fingerprint density at radius 3 is 2.46 bits per heavy atom. The van der Waals surface area contributed by atoms with Gasteiger partial charge in [-0.25, -0.2) is 0 Å². The van der Waals surface area contributed by atoms with Crippen LogP contribution < -0.4 is 0 Å². The molecule has 0 aromatic rings. The number of aliphatic hydroxyl groups is 1. The summed E-state index contributed by atoms with van der Waals surface area (Å²) in [4.78, 5) is 0. The monoisotopic (exact) mass is 184 g/mol. The average Bonchev–Trinajstić information content (AvgIpc) is 2.13. The number of methoxy groups -OCH3 is 1. The number of hydrogen-bond donors (Lipinski definition) is 1. The van der Waals surface area contributed by atoms with Gasteiger partial charge in [-0.1, -0.05) is 26.8 Å². The van der Waals surface area contributed by atoms with Crippen LogP contribution in [0.4, 0.5) is 0 Å². The van der Waals surface area contributed by atoms with Gasteiger partial charge in [0.1, 0.15) is 0 Å². The summed E-state index contributed by atoms with van der Waals surface area (Å²) >= 11 is 0. The van der Waals surface area contributed by atoms with Gasteiger partial charge in [-0.15, -0.1) is 0 Å². The molecule has 0 saturated heterocycles. The third-order valence-electron chi connectivity index (χ3n) is 3.26. The molecule has 1 aliphatic rings. The second-order valence-electron chi connectivity index (χ2n) is 3.96. The molecule has 2 nitrogen and oxygen atoms in total. The third-order valence-corrected chi connectivity index (χ3v) is 3.26. The van der Waals surface area contributed by atoms with Crippen LogP contribution in [0.5, 0.6) is 0 Å². The van der Waals surface area contributed by atoms with Crippen molar-refractivity contribution in [2.24, 2.45) is 11.8 Å². The van der Waals surface area contributed by atoms with Gasteiger partial charge < -0.3 is 9.84 Å².